The molecule has 34 heavy (non-hydrogen) atoms. The van der Waals surface area contributed by atoms with E-state index in [1.165, 1.54) is 4.31 Å². The Kier molecular flexibility index (Phi) is 7.94. The Morgan fingerprint density at radius 2 is 1.47 bits per heavy atom. The van der Waals surface area contributed by atoms with Crippen molar-refractivity contribution in [2.45, 2.75) is 24.6 Å². The summed E-state index contributed by atoms with van der Waals surface area (Å²) in [7, 11) is -3.56. The Balaban J connectivity index is 1.40. The van der Waals surface area contributed by atoms with Gasteiger partial charge in [0, 0.05) is 29.1 Å². The Hall–Kier alpha value is -2.38. The number of amides is 1. The first-order chi connectivity index (χ1) is 16.3. The Labute approximate surface area is 210 Å². The molecule has 1 saturated heterocycles. The molecule has 0 atom stereocenters. The zero-order valence-electron chi connectivity index (χ0n) is 18.5. The van der Waals surface area contributed by atoms with E-state index in [0.717, 1.165) is 11.1 Å². The van der Waals surface area contributed by atoms with Crippen molar-refractivity contribution in [3.63, 3.8) is 0 Å². The molecule has 0 aliphatic carbocycles. The maximum absolute atomic E-state index is 13.2. The summed E-state index contributed by atoms with van der Waals surface area (Å²) in [6.45, 7) is 0.597. The molecule has 1 aliphatic rings. The van der Waals surface area contributed by atoms with Crippen LogP contribution in [0.5, 0.6) is 0 Å². The molecule has 1 amide bonds. The van der Waals surface area contributed by atoms with E-state index in [0.29, 0.717) is 41.5 Å². The SMILES string of the molecule is O=C(NC(c1ccccc1)c1ccccc1)C1CCN(S(=O)(=O)Cc2ccc(Cl)cc2Cl)CC1. The van der Waals surface area contributed by atoms with Gasteiger partial charge in [0.15, 0.2) is 0 Å². The maximum atomic E-state index is 13.2. The molecule has 5 nitrogen and oxygen atoms in total. The molecule has 3 aromatic rings. The highest BCUT2D eigenvalue weighted by Gasteiger charge is 2.32. The van der Waals surface area contributed by atoms with Gasteiger partial charge in [-0.15, -0.1) is 0 Å². The molecule has 8 heteroatoms. The molecule has 3 aromatic carbocycles. The Morgan fingerprint density at radius 1 is 0.912 bits per heavy atom. The van der Waals surface area contributed by atoms with Crippen LogP contribution in [0.4, 0.5) is 0 Å². The van der Waals surface area contributed by atoms with Crippen molar-refractivity contribution < 1.29 is 13.2 Å². The number of halogens is 2. The third-order valence-corrected chi connectivity index (χ3v) is 8.54. The molecule has 0 bridgehead atoms. The first-order valence-corrected chi connectivity index (χ1v) is 13.5. The molecular weight excluding hydrogens is 491 g/mol. The van der Waals surface area contributed by atoms with Crippen LogP contribution in [0, 0.1) is 5.92 Å². The molecule has 0 unspecified atom stereocenters. The lowest BCUT2D eigenvalue weighted by atomic mass is 9.94. The van der Waals surface area contributed by atoms with E-state index in [1.54, 1.807) is 18.2 Å². The van der Waals surface area contributed by atoms with E-state index in [1.807, 2.05) is 60.7 Å². The van der Waals surface area contributed by atoms with Crippen molar-refractivity contribution in [2.24, 2.45) is 5.92 Å². The van der Waals surface area contributed by atoms with Gasteiger partial charge in [0.05, 0.1) is 11.8 Å². The number of rotatable bonds is 7. The summed E-state index contributed by atoms with van der Waals surface area (Å²) in [6.07, 6.45) is 0.936. The molecule has 1 heterocycles. The van der Waals surface area contributed by atoms with Gasteiger partial charge in [0.1, 0.15) is 0 Å². The van der Waals surface area contributed by atoms with Gasteiger partial charge in [-0.25, -0.2) is 12.7 Å². The first kappa shape index (κ1) is 24.7. The molecule has 0 saturated carbocycles. The predicted octanol–water partition coefficient (Wildman–Crippen LogP) is 5.44. The molecule has 1 N–H and O–H groups in total. The number of carbonyl (C=O) groups excluding carboxylic acids is 1. The Bertz CT molecular complexity index is 1190. The van der Waals surface area contributed by atoms with Crippen molar-refractivity contribution in [3.05, 3.63) is 106 Å². The number of nitrogens with zero attached hydrogens (tertiary/aromatic N) is 1. The van der Waals surface area contributed by atoms with Crippen LogP contribution in [0.15, 0.2) is 78.9 Å². The zero-order valence-corrected chi connectivity index (χ0v) is 20.9. The van der Waals surface area contributed by atoms with Crippen molar-refractivity contribution in [1.82, 2.24) is 9.62 Å². The predicted molar refractivity (Wildman–Crippen MR) is 136 cm³/mol. The van der Waals surface area contributed by atoms with Crippen LogP contribution >= 0.6 is 23.2 Å². The molecule has 0 radical (unpaired) electrons. The highest BCUT2D eigenvalue weighted by molar-refractivity contribution is 7.88. The second-order valence-corrected chi connectivity index (χ2v) is 11.2. The summed E-state index contributed by atoms with van der Waals surface area (Å²) in [5, 5.41) is 3.98. The van der Waals surface area contributed by atoms with E-state index < -0.39 is 10.0 Å². The second kappa shape index (κ2) is 10.9. The number of nitrogens with one attached hydrogen (secondary N) is 1. The summed E-state index contributed by atoms with van der Waals surface area (Å²) >= 11 is 12.1. The lowest BCUT2D eigenvalue weighted by Gasteiger charge is -2.32. The van der Waals surface area contributed by atoms with Crippen molar-refractivity contribution >= 4 is 39.1 Å². The van der Waals surface area contributed by atoms with Crippen molar-refractivity contribution in [2.75, 3.05) is 13.1 Å². The average molecular weight is 517 g/mol. The van der Waals surface area contributed by atoms with Crippen LogP contribution in [0.1, 0.15) is 35.6 Å². The van der Waals surface area contributed by atoms with Crippen LogP contribution < -0.4 is 5.32 Å². The van der Waals surface area contributed by atoms with E-state index in [4.69, 9.17) is 23.2 Å². The number of hydrogen-bond acceptors (Lipinski definition) is 3. The van der Waals surface area contributed by atoms with Gasteiger partial charge in [-0.2, -0.15) is 0 Å². The second-order valence-electron chi connectivity index (χ2n) is 8.43. The van der Waals surface area contributed by atoms with Gasteiger partial charge in [0.25, 0.3) is 0 Å². The van der Waals surface area contributed by atoms with Gasteiger partial charge in [0.2, 0.25) is 15.9 Å². The third-order valence-electron chi connectivity index (χ3n) is 6.12. The number of benzene rings is 3. The molecule has 1 fully saturated rings. The molecule has 1 aliphatic heterocycles. The zero-order chi connectivity index (χ0) is 24.1. The van der Waals surface area contributed by atoms with Crippen molar-refractivity contribution in [3.8, 4) is 0 Å². The largest absolute Gasteiger partial charge is 0.345 e. The number of carbonyl (C=O) groups is 1. The summed E-state index contributed by atoms with van der Waals surface area (Å²) in [5.41, 5.74) is 2.52. The van der Waals surface area contributed by atoms with Gasteiger partial charge >= 0.3 is 0 Å². The molecular formula is C26H26Cl2N2O3S. The van der Waals surface area contributed by atoms with E-state index in [9.17, 15) is 13.2 Å². The fraction of sp³-hybridized carbons (Fsp3) is 0.269. The fourth-order valence-electron chi connectivity index (χ4n) is 4.23. The Morgan fingerprint density at radius 3 is 2.00 bits per heavy atom. The van der Waals surface area contributed by atoms with Crippen LogP contribution in [0.25, 0.3) is 0 Å². The van der Waals surface area contributed by atoms with E-state index >= 15 is 0 Å². The topological polar surface area (TPSA) is 66.5 Å². The monoisotopic (exact) mass is 516 g/mol. The highest BCUT2D eigenvalue weighted by Crippen LogP contribution is 2.28. The minimum atomic E-state index is -3.56. The first-order valence-electron chi connectivity index (χ1n) is 11.2. The van der Waals surface area contributed by atoms with Gasteiger partial charge in [-0.1, -0.05) is 89.9 Å². The summed E-state index contributed by atoms with van der Waals surface area (Å²) in [5.74, 6) is -0.500. The minimum absolute atomic E-state index is 0.0597. The number of hydrogen-bond donors (Lipinski definition) is 1. The smallest absolute Gasteiger partial charge is 0.223 e. The van der Waals surface area contributed by atoms with Crippen molar-refractivity contribution in [1.29, 1.82) is 0 Å². The standard InChI is InChI=1S/C26H26Cl2N2O3S/c27-23-12-11-22(24(28)17-23)18-34(32,33)30-15-13-21(14-16-30)26(31)29-25(19-7-3-1-4-8-19)20-9-5-2-6-10-20/h1-12,17,21,25H,13-16,18H2,(H,29,31). The summed E-state index contributed by atoms with van der Waals surface area (Å²) < 4.78 is 27.4. The third kappa shape index (κ3) is 5.99. The van der Waals surface area contributed by atoms with Gasteiger partial charge < -0.3 is 5.32 Å². The maximum Gasteiger partial charge on any atom is 0.223 e. The molecule has 0 spiro atoms. The number of piperidine rings is 1. The van der Waals surface area contributed by atoms with Crippen LogP contribution in [0.3, 0.4) is 0 Å². The average Bonchev–Trinajstić information content (AvgIpc) is 2.85. The fourth-order valence-corrected chi connectivity index (χ4v) is 6.38. The lowest BCUT2D eigenvalue weighted by molar-refractivity contribution is -0.126. The van der Waals surface area contributed by atoms with E-state index in [-0.39, 0.29) is 23.6 Å². The summed E-state index contributed by atoms with van der Waals surface area (Å²) in [6, 6.07) is 24.2. The molecule has 0 aromatic heterocycles. The van der Waals surface area contributed by atoms with Crippen LogP contribution in [0.2, 0.25) is 10.0 Å². The normalized spacial score (nSPS) is 15.4. The quantitative estimate of drug-likeness (QED) is 0.454. The van der Waals surface area contributed by atoms with Gasteiger partial charge in [-0.3, -0.25) is 4.79 Å². The molecule has 4 rings (SSSR count). The minimum Gasteiger partial charge on any atom is -0.345 e. The van der Waals surface area contributed by atoms with Crippen LogP contribution in [-0.2, 0) is 20.6 Å². The van der Waals surface area contributed by atoms with E-state index in [2.05, 4.69) is 5.32 Å². The lowest BCUT2D eigenvalue weighted by Crippen LogP contribution is -2.44. The molecule has 178 valence electrons. The van der Waals surface area contributed by atoms with Crippen LogP contribution in [-0.4, -0.2) is 31.7 Å². The highest BCUT2D eigenvalue weighted by atomic mass is 35.5. The number of sulfonamides is 1. The summed E-state index contributed by atoms with van der Waals surface area (Å²) in [4.78, 5) is 13.2. The van der Waals surface area contributed by atoms with Gasteiger partial charge in [-0.05, 0) is 41.7 Å².